The molecule has 0 saturated carbocycles. The first kappa shape index (κ1) is 21.7. The number of H-pyrrole nitrogens is 1. The molecule has 0 fully saturated rings. The number of ether oxygens (including phenoxy) is 2. The van der Waals surface area contributed by atoms with Gasteiger partial charge in [-0.25, -0.2) is 4.79 Å². The second-order valence-electron chi connectivity index (χ2n) is 8.23. The second-order valence-corrected chi connectivity index (χ2v) is 8.23. The Balaban J connectivity index is 1.52. The molecule has 9 nitrogen and oxygen atoms in total. The maximum Gasteiger partial charge on any atom is 0.339 e. The summed E-state index contributed by atoms with van der Waals surface area (Å²) in [5.74, 6) is 1.27. The fourth-order valence-electron chi connectivity index (χ4n) is 4.21. The molecule has 0 spiro atoms. The van der Waals surface area contributed by atoms with E-state index >= 15 is 0 Å². The maximum absolute atomic E-state index is 12.2. The van der Waals surface area contributed by atoms with Crippen molar-refractivity contribution in [2.24, 2.45) is 0 Å². The average molecular weight is 459 g/mol. The van der Waals surface area contributed by atoms with Crippen LogP contribution in [0, 0.1) is 0 Å². The molecule has 0 bridgehead atoms. The highest BCUT2D eigenvalue weighted by molar-refractivity contribution is 5.98. The van der Waals surface area contributed by atoms with Gasteiger partial charge in [-0.3, -0.25) is 0 Å². The van der Waals surface area contributed by atoms with Gasteiger partial charge >= 0.3 is 5.97 Å². The van der Waals surface area contributed by atoms with Gasteiger partial charge in [0.15, 0.2) is 0 Å². The number of esters is 1. The van der Waals surface area contributed by atoms with Crippen LogP contribution in [0.2, 0.25) is 0 Å². The quantitative estimate of drug-likeness (QED) is 0.369. The van der Waals surface area contributed by atoms with Crippen molar-refractivity contribution in [3.8, 4) is 5.75 Å². The summed E-state index contributed by atoms with van der Waals surface area (Å²) in [6, 6.07) is 13.2. The van der Waals surface area contributed by atoms with Crippen molar-refractivity contribution in [3.63, 3.8) is 0 Å². The van der Waals surface area contributed by atoms with Crippen LogP contribution in [0.4, 0.5) is 23.1 Å². The molecule has 3 heterocycles. The lowest BCUT2D eigenvalue weighted by atomic mass is 9.99. The molecule has 1 aliphatic heterocycles. The number of methoxy groups -OCH3 is 2. The largest absolute Gasteiger partial charge is 0.495 e. The fraction of sp³-hybridized carbons (Fsp3) is 0.240. The molecule has 0 radical (unpaired) electrons. The topological polar surface area (TPSA) is 104 Å². The lowest BCUT2D eigenvalue weighted by Gasteiger charge is -2.26. The lowest BCUT2D eigenvalue weighted by molar-refractivity contribution is 0.0602. The first-order valence-electron chi connectivity index (χ1n) is 11.0. The van der Waals surface area contributed by atoms with E-state index < -0.39 is 5.97 Å². The molecule has 3 N–H and O–H groups in total. The van der Waals surface area contributed by atoms with E-state index in [-0.39, 0.29) is 0 Å². The number of fused-ring (bicyclic) bond motifs is 2. The molecule has 34 heavy (non-hydrogen) atoms. The highest BCUT2D eigenvalue weighted by Crippen LogP contribution is 2.34. The van der Waals surface area contributed by atoms with Crippen LogP contribution in [0.25, 0.3) is 11.0 Å². The van der Waals surface area contributed by atoms with Crippen molar-refractivity contribution in [1.29, 1.82) is 0 Å². The summed E-state index contributed by atoms with van der Waals surface area (Å²) in [4.78, 5) is 27.0. The second kappa shape index (κ2) is 9.03. The molecule has 2 aromatic heterocycles. The Labute approximate surface area is 197 Å². The van der Waals surface area contributed by atoms with Crippen LogP contribution < -0.4 is 15.4 Å². The Bertz CT molecular complexity index is 1370. The van der Waals surface area contributed by atoms with Crippen LogP contribution >= 0.6 is 0 Å². The van der Waals surface area contributed by atoms with Gasteiger partial charge in [-0.1, -0.05) is 12.1 Å². The van der Waals surface area contributed by atoms with E-state index in [9.17, 15) is 4.79 Å². The minimum Gasteiger partial charge on any atom is -0.495 e. The summed E-state index contributed by atoms with van der Waals surface area (Å²) < 4.78 is 10.6. The molecule has 1 aliphatic rings. The van der Waals surface area contributed by atoms with Gasteiger partial charge < -0.3 is 30.0 Å². The third-order valence-electron chi connectivity index (χ3n) is 5.97. The third-order valence-corrected chi connectivity index (χ3v) is 5.97. The number of aromatic nitrogens is 3. The molecule has 4 aromatic rings. The van der Waals surface area contributed by atoms with Crippen molar-refractivity contribution in [2.75, 3.05) is 38.4 Å². The number of carbonyl (C=O) groups is 1. The predicted octanol–water partition coefficient (Wildman–Crippen LogP) is 4.23. The maximum atomic E-state index is 12.2. The van der Waals surface area contributed by atoms with Gasteiger partial charge in [0.25, 0.3) is 0 Å². The van der Waals surface area contributed by atoms with E-state index in [1.54, 1.807) is 25.4 Å². The van der Waals surface area contributed by atoms with E-state index in [0.29, 0.717) is 28.7 Å². The van der Waals surface area contributed by atoms with Gasteiger partial charge in [0.05, 0.1) is 36.5 Å². The van der Waals surface area contributed by atoms with Crippen molar-refractivity contribution in [2.45, 2.75) is 13.0 Å². The molecule has 9 heteroatoms. The van der Waals surface area contributed by atoms with Crippen LogP contribution in [0.15, 0.2) is 48.7 Å². The summed E-state index contributed by atoms with van der Waals surface area (Å²) in [6.45, 7) is 1.90. The van der Waals surface area contributed by atoms with Gasteiger partial charge in [0.1, 0.15) is 17.2 Å². The van der Waals surface area contributed by atoms with Crippen molar-refractivity contribution in [3.05, 3.63) is 65.4 Å². The van der Waals surface area contributed by atoms with Gasteiger partial charge in [-0.15, -0.1) is 0 Å². The molecular formula is C25H26N6O3. The number of para-hydroxylation sites is 1. The van der Waals surface area contributed by atoms with E-state index in [1.807, 2.05) is 18.2 Å². The summed E-state index contributed by atoms with van der Waals surface area (Å²) in [6.07, 6.45) is 2.79. The number of hydrogen-bond donors (Lipinski definition) is 3. The van der Waals surface area contributed by atoms with Gasteiger partial charge in [0.2, 0.25) is 5.95 Å². The smallest absolute Gasteiger partial charge is 0.339 e. The van der Waals surface area contributed by atoms with E-state index in [4.69, 9.17) is 14.5 Å². The zero-order chi connectivity index (χ0) is 23.7. The van der Waals surface area contributed by atoms with Gasteiger partial charge in [0, 0.05) is 19.3 Å². The zero-order valence-corrected chi connectivity index (χ0v) is 19.3. The molecule has 174 valence electrons. The normalized spacial score (nSPS) is 13.4. The molecular weight excluding hydrogens is 432 g/mol. The Kier molecular flexibility index (Phi) is 5.77. The molecule has 0 atom stereocenters. The first-order valence-corrected chi connectivity index (χ1v) is 11.0. The predicted molar refractivity (Wildman–Crippen MR) is 131 cm³/mol. The molecule has 0 unspecified atom stereocenters. The van der Waals surface area contributed by atoms with E-state index in [0.717, 1.165) is 36.3 Å². The van der Waals surface area contributed by atoms with Crippen molar-refractivity contribution >= 4 is 40.1 Å². The fourth-order valence-corrected chi connectivity index (χ4v) is 4.21. The highest BCUT2D eigenvalue weighted by Gasteiger charge is 2.19. The van der Waals surface area contributed by atoms with E-state index in [1.165, 1.54) is 18.2 Å². The van der Waals surface area contributed by atoms with Crippen molar-refractivity contribution < 1.29 is 14.3 Å². The number of nitrogens with one attached hydrogen (secondary N) is 3. The number of likely N-dealkylation sites (N-methyl/N-ethyl adjacent to an activating group) is 1. The van der Waals surface area contributed by atoms with Crippen LogP contribution in [-0.2, 0) is 17.7 Å². The number of aromatic amines is 1. The standard InChI is InChI=1S/C25H26N6O3/c1-31-11-9-15-13-21(33-2)20(12-16(15)14-31)28-25-29-22-18(8-10-26-22)23(30-25)27-19-7-5-4-6-17(19)24(32)34-3/h4-8,10,12-13H,9,11,14H2,1-3H3,(H3,26,27,28,29,30). The van der Waals surface area contributed by atoms with Crippen LogP contribution in [0.1, 0.15) is 21.5 Å². The third kappa shape index (κ3) is 4.13. The average Bonchev–Trinajstić information content (AvgIpc) is 3.32. The number of benzene rings is 2. The molecule has 0 aliphatic carbocycles. The number of carbonyl (C=O) groups excluding carboxylic acids is 1. The summed E-state index contributed by atoms with van der Waals surface area (Å²) in [5, 5.41) is 7.40. The molecule has 2 aromatic carbocycles. The Morgan fingerprint density at radius 1 is 1.06 bits per heavy atom. The molecule has 0 saturated heterocycles. The minimum absolute atomic E-state index is 0.399. The Morgan fingerprint density at radius 2 is 1.91 bits per heavy atom. The monoisotopic (exact) mass is 458 g/mol. The van der Waals surface area contributed by atoms with Crippen LogP contribution in [0.5, 0.6) is 5.75 Å². The summed E-state index contributed by atoms with van der Waals surface area (Å²) in [7, 11) is 5.14. The Hall–Kier alpha value is -4.11. The number of nitrogens with zero attached hydrogens (tertiary/aromatic N) is 3. The zero-order valence-electron chi connectivity index (χ0n) is 19.3. The number of rotatable bonds is 6. The van der Waals surface area contributed by atoms with Crippen LogP contribution in [0.3, 0.4) is 0 Å². The summed E-state index contributed by atoms with van der Waals surface area (Å²) >= 11 is 0. The Morgan fingerprint density at radius 3 is 2.74 bits per heavy atom. The highest BCUT2D eigenvalue weighted by atomic mass is 16.5. The van der Waals surface area contributed by atoms with E-state index in [2.05, 4.69) is 44.7 Å². The van der Waals surface area contributed by atoms with Gasteiger partial charge in [-0.2, -0.15) is 9.97 Å². The van der Waals surface area contributed by atoms with Crippen LogP contribution in [-0.4, -0.2) is 53.6 Å². The number of anilines is 4. The lowest BCUT2D eigenvalue weighted by Crippen LogP contribution is -2.26. The first-order chi connectivity index (χ1) is 16.6. The minimum atomic E-state index is -0.426. The molecule has 0 amide bonds. The summed E-state index contributed by atoms with van der Waals surface area (Å²) in [5.41, 5.74) is 5.01. The number of hydrogen-bond acceptors (Lipinski definition) is 8. The van der Waals surface area contributed by atoms with Crippen molar-refractivity contribution in [1.82, 2.24) is 19.9 Å². The molecule has 5 rings (SSSR count). The van der Waals surface area contributed by atoms with Gasteiger partial charge in [-0.05, 0) is 54.9 Å². The SMILES string of the molecule is COC(=O)c1ccccc1Nc1nc(Nc2cc3c(cc2OC)CCN(C)C3)nc2[nH]ccc12.